The highest BCUT2D eigenvalue weighted by molar-refractivity contribution is 8.03. The van der Waals surface area contributed by atoms with E-state index >= 15 is 0 Å². The van der Waals surface area contributed by atoms with Gasteiger partial charge < -0.3 is 20.3 Å². The van der Waals surface area contributed by atoms with Crippen molar-refractivity contribution >= 4 is 23.6 Å². The molecule has 0 spiro atoms. The van der Waals surface area contributed by atoms with E-state index in [9.17, 15) is 9.59 Å². The van der Waals surface area contributed by atoms with Gasteiger partial charge in [0.15, 0.2) is 0 Å². The van der Waals surface area contributed by atoms with Gasteiger partial charge >= 0.3 is 0 Å². The zero-order chi connectivity index (χ0) is 23.2. The summed E-state index contributed by atoms with van der Waals surface area (Å²) >= 11 is 1.44. The van der Waals surface area contributed by atoms with E-state index in [1.807, 2.05) is 47.1 Å². The molecule has 2 N–H and O–H groups in total. The standard InChI is InChI=1S/C25H36N4O3S/c1-19(23(26)33-22-7-3-2-4-8-22)24(30)27-12-9-21(10-13-27)29-11-5-6-20(18-29)25(31)28-14-16-32-17-15-28/h2-4,7-8,20-21H,5-6,9-18,26H2,1H3/b23-19+. The smallest absolute Gasteiger partial charge is 0.252 e. The van der Waals surface area contributed by atoms with Gasteiger partial charge in [-0.25, -0.2) is 0 Å². The number of carbonyl (C=O) groups is 2. The molecular formula is C25H36N4O3S. The molecule has 0 aromatic heterocycles. The Morgan fingerprint density at radius 3 is 2.36 bits per heavy atom. The fraction of sp³-hybridized carbons (Fsp3) is 0.600. The number of benzene rings is 1. The van der Waals surface area contributed by atoms with Gasteiger partial charge in [0.25, 0.3) is 5.91 Å². The van der Waals surface area contributed by atoms with Gasteiger partial charge in [0, 0.05) is 49.2 Å². The number of rotatable bonds is 5. The Morgan fingerprint density at radius 1 is 0.970 bits per heavy atom. The molecule has 180 valence electrons. The number of piperidine rings is 2. The number of amides is 2. The average Bonchev–Trinajstić information content (AvgIpc) is 2.88. The van der Waals surface area contributed by atoms with E-state index in [0.717, 1.165) is 56.8 Å². The number of thioether (sulfide) groups is 1. The van der Waals surface area contributed by atoms with Crippen LogP contribution >= 0.6 is 11.8 Å². The van der Waals surface area contributed by atoms with E-state index < -0.39 is 0 Å². The number of carbonyl (C=O) groups excluding carboxylic acids is 2. The summed E-state index contributed by atoms with van der Waals surface area (Å²) in [4.78, 5) is 33.4. The van der Waals surface area contributed by atoms with Gasteiger partial charge in [-0.1, -0.05) is 30.0 Å². The van der Waals surface area contributed by atoms with Gasteiger partial charge in [-0.15, -0.1) is 0 Å². The molecule has 4 rings (SSSR count). The second kappa shape index (κ2) is 11.4. The van der Waals surface area contributed by atoms with Crippen molar-refractivity contribution in [2.75, 3.05) is 52.5 Å². The third kappa shape index (κ3) is 6.11. The summed E-state index contributed by atoms with van der Waals surface area (Å²) in [5.41, 5.74) is 6.87. The highest BCUT2D eigenvalue weighted by atomic mass is 32.2. The van der Waals surface area contributed by atoms with Crippen LogP contribution in [0.4, 0.5) is 0 Å². The van der Waals surface area contributed by atoms with Crippen LogP contribution in [0.1, 0.15) is 32.6 Å². The van der Waals surface area contributed by atoms with Crippen molar-refractivity contribution in [2.24, 2.45) is 11.7 Å². The monoisotopic (exact) mass is 472 g/mol. The predicted octanol–water partition coefficient (Wildman–Crippen LogP) is 2.53. The number of likely N-dealkylation sites (tertiary alicyclic amines) is 2. The third-order valence-electron chi connectivity index (χ3n) is 7.05. The highest BCUT2D eigenvalue weighted by Crippen LogP contribution is 2.28. The maximum absolute atomic E-state index is 13.0. The summed E-state index contributed by atoms with van der Waals surface area (Å²) in [7, 11) is 0. The lowest BCUT2D eigenvalue weighted by molar-refractivity contribution is -0.142. The number of nitrogens with two attached hydrogens (primary N) is 1. The second-order valence-corrected chi connectivity index (χ2v) is 10.3. The molecular weight excluding hydrogens is 436 g/mol. The lowest BCUT2D eigenvalue weighted by Crippen LogP contribution is -2.53. The third-order valence-corrected chi connectivity index (χ3v) is 8.09. The summed E-state index contributed by atoms with van der Waals surface area (Å²) in [5.74, 6) is 0.424. The van der Waals surface area contributed by atoms with E-state index in [0.29, 0.717) is 48.9 Å². The lowest BCUT2D eigenvalue weighted by atomic mass is 9.92. The first kappa shape index (κ1) is 24.1. The Labute approximate surface area is 201 Å². The molecule has 3 heterocycles. The van der Waals surface area contributed by atoms with Crippen LogP contribution in [0.5, 0.6) is 0 Å². The molecule has 8 heteroatoms. The average molecular weight is 473 g/mol. The lowest BCUT2D eigenvalue weighted by Gasteiger charge is -2.43. The molecule has 1 aromatic rings. The minimum atomic E-state index is 0.0356. The number of morpholine rings is 1. The van der Waals surface area contributed by atoms with Crippen LogP contribution < -0.4 is 5.73 Å². The number of hydrogen-bond acceptors (Lipinski definition) is 6. The largest absolute Gasteiger partial charge is 0.393 e. The van der Waals surface area contributed by atoms with Crippen molar-refractivity contribution in [1.82, 2.24) is 14.7 Å². The molecule has 3 aliphatic heterocycles. The van der Waals surface area contributed by atoms with E-state index in [4.69, 9.17) is 10.5 Å². The molecule has 33 heavy (non-hydrogen) atoms. The summed E-state index contributed by atoms with van der Waals surface area (Å²) in [5, 5.41) is 0.564. The van der Waals surface area contributed by atoms with E-state index in [-0.39, 0.29) is 11.8 Å². The predicted molar refractivity (Wildman–Crippen MR) is 130 cm³/mol. The van der Waals surface area contributed by atoms with Crippen molar-refractivity contribution in [3.63, 3.8) is 0 Å². The normalized spacial score (nSPS) is 23.8. The summed E-state index contributed by atoms with van der Waals surface area (Å²) in [6.07, 6.45) is 3.94. The minimum Gasteiger partial charge on any atom is -0.393 e. The van der Waals surface area contributed by atoms with Gasteiger partial charge in [-0.3, -0.25) is 14.5 Å². The maximum Gasteiger partial charge on any atom is 0.252 e. The van der Waals surface area contributed by atoms with Crippen LogP contribution in [0.25, 0.3) is 0 Å². The van der Waals surface area contributed by atoms with E-state index in [1.165, 1.54) is 11.8 Å². The topological polar surface area (TPSA) is 79.1 Å². The summed E-state index contributed by atoms with van der Waals surface area (Å²) < 4.78 is 5.40. The molecule has 1 atom stereocenters. The molecule has 1 unspecified atom stereocenters. The van der Waals surface area contributed by atoms with Crippen LogP contribution in [0.2, 0.25) is 0 Å². The van der Waals surface area contributed by atoms with Crippen molar-refractivity contribution in [3.05, 3.63) is 40.9 Å². The Kier molecular flexibility index (Phi) is 8.33. The molecule has 0 aliphatic carbocycles. The van der Waals surface area contributed by atoms with E-state index in [2.05, 4.69) is 4.90 Å². The Morgan fingerprint density at radius 2 is 1.67 bits per heavy atom. The van der Waals surface area contributed by atoms with E-state index in [1.54, 1.807) is 0 Å². The first-order chi connectivity index (χ1) is 16.0. The quantitative estimate of drug-likeness (QED) is 0.524. The van der Waals surface area contributed by atoms with Crippen LogP contribution in [0.15, 0.2) is 45.8 Å². The van der Waals surface area contributed by atoms with Gasteiger partial charge in [0.2, 0.25) is 5.91 Å². The van der Waals surface area contributed by atoms with Crippen molar-refractivity contribution in [1.29, 1.82) is 0 Å². The zero-order valence-electron chi connectivity index (χ0n) is 19.6. The Bertz CT molecular complexity index is 848. The number of hydrogen-bond donors (Lipinski definition) is 1. The fourth-order valence-electron chi connectivity index (χ4n) is 5.05. The summed E-state index contributed by atoms with van der Waals surface area (Å²) in [6.45, 7) is 7.92. The van der Waals surface area contributed by atoms with Crippen LogP contribution in [-0.4, -0.2) is 85.0 Å². The summed E-state index contributed by atoms with van der Waals surface area (Å²) in [6, 6.07) is 10.3. The molecule has 2 amide bonds. The molecule has 3 aliphatic rings. The Balaban J connectivity index is 1.28. The van der Waals surface area contributed by atoms with Crippen molar-refractivity contribution in [2.45, 2.75) is 43.5 Å². The molecule has 7 nitrogen and oxygen atoms in total. The number of nitrogens with zero attached hydrogens (tertiary/aromatic N) is 3. The molecule has 3 saturated heterocycles. The van der Waals surface area contributed by atoms with Gasteiger partial charge in [-0.05, 0) is 51.3 Å². The molecule has 0 bridgehead atoms. The molecule has 3 fully saturated rings. The molecule has 0 radical (unpaired) electrons. The first-order valence-corrected chi connectivity index (χ1v) is 12.9. The van der Waals surface area contributed by atoms with Crippen LogP contribution in [0, 0.1) is 5.92 Å². The van der Waals surface area contributed by atoms with Gasteiger partial charge in [0.05, 0.1) is 24.2 Å². The number of ether oxygens (including phenoxy) is 1. The molecule has 0 saturated carbocycles. The minimum absolute atomic E-state index is 0.0356. The first-order valence-electron chi connectivity index (χ1n) is 12.1. The maximum atomic E-state index is 13.0. The highest BCUT2D eigenvalue weighted by Gasteiger charge is 2.34. The zero-order valence-corrected chi connectivity index (χ0v) is 20.4. The Hall–Kier alpha value is -2.03. The van der Waals surface area contributed by atoms with Crippen LogP contribution in [-0.2, 0) is 14.3 Å². The van der Waals surface area contributed by atoms with Crippen LogP contribution in [0.3, 0.4) is 0 Å². The van der Waals surface area contributed by atoms with Gasteiger partial charge in [0.1, 0.15) is 0 Å². The van der Waals surface area contributed by atoms with Crippen molar-refractivity contribution in [3.8, 4) is 0 Å². The fourth-order valence-corrected chi connectivity index (χ4v) is 5.84. The van der Waals surface area contributed by atoms with Crippen molar-refractivity contribution < 1.29 is 14.3 Å². The second-order valence-electron chi connectivity index (χ2n) is 9.20. The SMILES string of the molecule is C/C(C(=O)N1CCC(N2CCCC(C(=O)N3CCOCC3)C2)CC1)=C(/N)Sc1ccccc1. The molecule has 1 aromatic carbocycles. The van der Waals surface area contributed by atoms with Gasteiger partial charge in [-0.2, -0.15) is 0 Å².